The van der Waals surface area contributed by atoms with Gasteiger partial charge in [0.15, 0.2) is 0 Å². The second-order valence-corrected chi connectivity index (χ2v) is 9.57. The average molecular weight is 494 g/mol. The minimum atomic E-state index is -0.225. The van der Waals surface area contributed by atoms with Crippen LogP contribution in [0.3, 0.4) is 0 Å². The number of carbonyl (C=O) groups is 2. The van der Waals surface area contributed by atoms with Crippen molar-refractivity contribution in [3.8, 4) is 5.75 Å². The van der Waals surface area contributed by atoms with Crippen molar-refractivity contribution in [2.45, 2.75) is 32.4 Å². The predicted octanol–water partition coefficient (Wildman–Crippen LogP) is 5.54. The van der Waals surface area contributed by atoms with Crippen LogP contribution in [0.2, 0.25) is 0 Å². The number of hydrogen-bond acceptors (Lipinski definition) is 4. The van der Waals surface area contributed by atoms with E-state index in [1.807, 2.05) is 90.7 Å². The van der Waals surface area contributed by atoms with Gasteiger partial charge in [0.2, 0.25) is 5.91 Å². The van der Waals surface area contributed by atoms with Gasteiger partial charge < -0.3 is 15.0 Å². The van der Waals surface area contributed by atoms with E-state index >= 15 is 0 Å². The Morgan fingerprint density at radius 3 is 2.65 bits per heavy atom. The number of fused-ring (bicyclic) bond motifs is 1. The van der Waals surface area contributed by atoms with E-state index in [1.165, 1.54) is 0 Å². The number of nitrogens with one attached hydrogen (secondary N) is 1. The van der Waals surface area contributed by atoms with E-state index in [4.69, 9.17) is 4.74 Å². The van der Waals surface area contributed by atoms with Crippen LogP contribution in [0.25, 0.3) is 10.8 Å². The number of carbonyl (C=O) groups excluding carboxylic acids is 2. The first-order valence-corrected chi connectivity index (χ1v) is 12.8. The number of ether oxygens (including phenoxy) is 1. The van der Waals surface area contributed by atoms with Gasteiger partial charge in [-0.15, -0.1) is 0 Å². The van der Waals surface area contributed by atoms with Gasteiger partial charge in [0.05, 0.1) is 12.0 Å². The molecule has 6 nitrogen and oxygen atoms in total. The average Bonchev–Trinajstić information content (AvgIpc) is 2.96. The zero-order chi connectivity index (χ0) is 25.6. The summed E-state index contributed by atoms with van der Waals surface area (Å²) in [5, 5.41) is 5.14. The third kappa shape index (κ3) is 5.80. The highest BCUT2D eigenvalue weighted by atomic mass is 16.5. The van der Waals surface area contributed by atoms with E-state index in [0.29, 0.717) is 25.3 Å². The van der Waals surface area contributed by atoms with Crippen LogP contribution in [0.4, 0.5) is 0 Å². The number of amides is 2. The number of benzene rings is 3. The summed E-state index contributed by atoms with van der Waals surface area (Å²) in [5.41, 5.74) is 2.70. The predicted molar refractivity (Wildman–Crippen MR) is 144 cm³/mol. The molecule has 1 saturated heterocycles. The minimum absolute atomic E-state index is 0.00998. The fraction of sp³-hybridized carbons (Fsp3) is 0.258. The molecule has 6 heteroatoms. The molecule has 1 N–H and O–H groups in total. The smallest absolute Gasteiger partial charge is 0.254 e. The quantitative estimate of drug-likeness (QED) is 0.367. The third-order valence-electron chi connectivity index (χ3n) is 6.97. The highest BCUT2D eigenvalue weighted by Crippen LogP contribution is 2.25. The molecule has 0 bridgehead atoms. The van der Waals surface area contributed by atoms with E-state index in [0.717, 1.165) is 40.5 Å². The maximum atomic E-state index is 13.4. The van der Waals surface area contributed by atoms with Crippen LogP contribution in [0.1, 0.15) is 47.3 Å². The van der Waals surface area contributed by atoms with Crippen molar-refractivity contribution in [3.05, 3.63) is 108 Å². The fourth-order valence-electron chi connectivity index (χ4n) is 4.88. The molecule has 3 aromatic carbocycles. The molecule has 1 aliphatic rings. The molecule has 188 valence electrons. The number of nitrogens with zero attached hydrogens (tertiary/aromatic N) is 2. The lowest BCUT2D eigenvalue weighted by molar-refractivity contribution is -0.127. The van der Waals surface area contributed by atoms with Gasteiger partial charge >= 0.3 is 0 Å². The fourth-order valence-corrected chi connectivity index (χ4v) is 4.88. The number of hydrogen-bond donors (Lipinski definition) is 1. The molecule has 0 spiro atoms. The molecule has 37 heavy (non-hydrogen) atoms. The van der Waals surface area contributed by atoms with Crippen molar-refractivity contribution in [1.29, 1.82) is 0 Å². The van der Waals surface area contributed by atoms with E-state index in [9.17, 15) is 9.59 Å². The summed E-state index contributed by atoms with van der Waals surface area (Å²) in [7, 11) is 0. The van der Waals surface area contributed by atoms with Gasteiger partial charge in [-0.25, -0.2) is 0 Å². The van der Waals surface area contributed by atoms with Crippen molar-refractivity contribution in [2.24, 2.45) is 5.92 Å². The first-order chi connectivity index (χ1) is 18.1. The minimum Gasteiger partial charge on any atom is -0.489 e. The SMILES string of the molecule is CC(NC(=O)C1CCCN(C(=O)c2cccc3ccccc23)C1)c1ccc(OCc2cccnc2)cc1. The highest BCUT2D eigenvalue weighted by molar-refractivity contribution is 6.07. The monoisotopic (exact) mass is 493 g/mol. The Morgan fingerprint density at radius 1 is 1.03 bits per heavy atom. The lowest BCUT2D eigenvalue weighted by Crippen LogP contribution is -2.45. The summed E-state index contributed by atoms with van der Waals surface area (Å²) in [5.74, 6) is 0.516. The van der Waals surface area contributed by atoms with E-state index < -0.39 is 0 Å². The van der Waals surface area contributed by atoms with Crippen LogP contribution >= 0.6 is 0 Å². The Morgan fingerprint density at radius 2 is 1.84 bits per heavy atom. The Balaban J connectivity index is 1.18. The second kappa shape index (κ2) is 11.2. The standard InChI is InChI=1S/C31H31N3O3/c1-22(24-13-15-27(16-14-24)37-21-23-7-5-17-32-19-23)33-30(35)26-10-6-18-34(20-26)31(36)29-12-4-9-25-8-2-3-11-28(25)29/h2-5,7-9,11-17,19,22,26H,6,10,18,20-21H2,1H3,(H,33,35). The molecule has 0 saturated carbocycles. The summed E-state index contributed by atoms with van der Waals surface area (Å²) in [4.78, 5) is 32.5. The number of pyridine rings is 1. The van der Waals surface area contributed by atoms with Crippen molar-refractivity contribution in [1.82, 2.24) is 15.2 Å². The zero-order valence-electron chi connectivity index (χ0n) is 21.0. The molecule has 1 aromatic heterocycles. The van der Waals surface area contributed by atoms with Crippen LogP contribution in [0, 0.1) is 5.92 Å². The van der Waals surface area contributed by atoms with Gasteiger partial charge in [-0.05, 0) is 60.4 Å². The van der Waals surface area contributed by atoms with Crippen molar-refractivity contribution in [3.63, 3.8) is 0 Å². The maximum absolute atomic E-state index is 13.4. The Labute approximate surface area is 217 Å². The summed E-state index contributed by atoms with van der Waals surface area (Å²) in [6, 6.07) is 25.2. The molecule has 0 aliphatic carbocycles. The zero-order valence-corrected chi connectivity index (χ0v) is 21.0. The third-order valence-corrected chi connectivity index (χ3v) is 6.97. The number of piperidine rings is 1. The molecule has 0 radical (unpaired) electrons. The van der Waals surface area contributed by atoms with E-state index in [1.54, 1.807) is 12.4 Å². The number of aromatic nitrogens is 1. The lowest BCUT2D eigenvalue weighted by atomic mass is 9.95. The Kier molecular flexibility index (Phi) is 7.45. The largest absolute Gasteiger partial charge is 0.489 e. The molecular formula is C31H31N3O3. The van der Waals surface area contributed by atoms with Crippen molar-refractivity contribution >= 4 is 22.6 Å². The molecule has 2 atom stereocenters. The maximum Gasteiger partial charge on any atom is 0.254 e. The van der Waals surface area contributed by atoms with Gasteiger partial charge in [0, 0.05) is 36.6 Å². The van der Waals surface area contributed by atoms with Gasteiger partial charge in [-0.2, -0.15) is 0 Å². The van der Waals surface area contributed by atoms with Gasteiger partial charge in [0.25, 0.3) is 5.91 Å². The number of rotatable bonds is 7. The topological polar surface area (TPSA) is 71.5 Å². The van der Waals surface area contributed by atoms with Crippen LogP contribution in [-0.2, 0) is 11.4 Å². The lowest BCUT2D eigenvalue weighted by Gasteiger charge is -2.33. The normalized spacial score (nSPS) is 16.2. The van der Waals surface area contributed by atoms with Gasteiger partial charge in [0.1, 0.15) is 12.4 Å². The first kappa shape index (κ1) is 24.5. The Bertz CT molecular complexity index is 1370. The summed E-state index contributed by atoms with van der Waals surface area (Å²) < 4.78 is 5.84. The van der Waals surface area contributed by atoms with Crippen molar-refractivity contribution in [2.75, 3.05) is 13.1 Å². The summed E-state index contributed by atoms with van der Waals surface area (Å²) in [6.07, 6.45) is 5.11. The molecule has 2 heterocycles. The molecule has 5 rings (SSSR count). The second-order valence-electron chi connectivity index (χ2n) is 9.57. The molecule has 1 aliphatic heterocycles. The van der Waals surface area contributed by atoms with Crippen molar-refractivity contribution < 1.29 is 14.3 Å². The Hall–Kier alpha value is -4.19. The molecule has 2 amide bonds. The first-order valence-electron chi connectivity index (χ1n) is 12.8. The molecular weight excluding hydrogens is 462 g/mol. The van der Waals surface area contributed by atoms with Crippen LogP contribution < -0.4 is 10.1 Å². The van der Waals surface area contributed by atoms with Crippen LogP contribution in [0.15, 0.2) is 91.3 Å². The molecule has 4 aromatic rings. The van der Waals surface area contributed by atoms with Gasteiger partial charge in [-0.1, -0.05) is 54.6 Å². The van der Waals surface area contributed by atoms with E-state index in [2.05, 4.69) is 10.3 Å². The van der Waals surface area contributed by atoms with Crippen LogP contribution in [-0.4, -0.2) is 34.8 Å². The van der Waals surface area contributed by atoms with Gasteiger partial charge in [-0.3, -0.25) is 14.6 Å². The number of likely N-dealkylation sites (tertiary alicyclic amines) is 1. The molecule has 2 unspecified atom stereocenters. The molecule has 1 fully saturated rings. The summed E-state index contributed by atoms with van der Waals surface area (Å²) >= 11 is 0. The highest BCUT2D eigenvalue weighted by Gasteiger charge is 2.30. The van der Waals surface area contributed by atoms with Crippen LogP contribution in [0.5, 0.6) is 5.75 Å². The summed E-state index contributed by atoms with van der Waals surface area (Å²) in [6.45, 7) is 3.53. The van der Waals surface area contributed by atoms with E-state index in [-0.39, 0.29) is 23.8 Å².